The van der Waals surface area contributed by atoms with Crippen molar-refractivity contribution in [3.8, 4) is 0 Å². The number of amides is 1. The minimum absolute atomic E-state index is 0.307. The van der Waals surface area contributed by atoms with E-state index in [2.05, 4.69) is 5.32 Å². The van der Waals surface area contributed by atoms with E-state index < -0.39 is 101 Å². The van der Waals surface area contributed by atoms with E-state index in [-0.39, 0.29) is 0 Å². The Morgan fingerprint density at radius 2 is 1.37 bits per heavy atom. The molecule has 38 heavy (non-hydrogen) atoms. The summed E-state index contributed by atoms with van der Waals surface area (Å²) >= 11 is 0. The van der Waals surface area contributed by atoms with E-state index in [9.17, 15) is 56.8 Å². The third kappa shape index (κ3) is 4.69. The summed E-state index contributed by atoms with van der Waals surface area (Å²) in [6.07, 6.45) is -10.7. The second kappa shape index (κ2) is 8.53. The van der Waals surface area contributed by atoms with Crippen LogP contribution in [-0.4, -0.2) is 40.2 Å². The Balaban J connectivity index is 1.62. The van der Waals surface area contributed by atoms with Crippen molar-refractivity contribution in [2.75, 3.05) is 4.72 Å². The fourth-order valence-corrected chi connectivity index (χ4v) is 6.44. The Kier molecular flexibility index (Phi) is 6.30. The highest BCUT2D eigenvalue weighted by Gasteiger charge is 2.79. The van der Waals surface area contributed by atoms with Gasteiger partial charge in [-0.2, -0.15) is 35.1 Å². The van der Waals surface area contributed by atoms with E-state index in [0.717, 1.165) is 0 Å². The van der Waals surface area contributed by atoms with Crippen molar-refractivity contribution in [1.29, 1.82) is 0 Å². The molecular weight excluding hydrogens is 576 g/mol. The number of benzene rings is 2. The van der Waals surface area contributed by atoms with Gasteiger partial charge in [-0.1, -0.05) is 0 Å². The van der Waals surface area contributed by atoms with E-state index in [1.54, 1.807) is 4.72 Å². The normalized spacial score (nSPS) is 23.4. The second-order valence-electron chi connectivity index (χ2n) is 9.18. The average molecular weight is 592 g/mol. The van der Waals surface area contributed by atoms with Gasteiger partial charge in [0.2, 0.25) is 9.84 Å². The predicted molar refractivity (Wildman–Crippen MR) is 114 cm³/mol. The summed E-state index contributed by atoms with van der Waals surface area (Å²) in [7, 11) is -9.86. The Morgan fingerprint density at radius 3 is 1.84 bits per heavy atom. The van der Waals surface area contributed by atoms with Crippen molar-refractivity contribution in [2.45, 2.75) is 52.7 Å². The van der Waals surface area contributed by atoms with E-state index in [1.807, 2.05) is 0 Å². The van der Waals surface area contributed by atoms with Crippen LogP contribution < -0.4 is 10.0 Å². The van der Waals surface area contributed by atoms with Crippen molar-refractivity contribution in [3.05, 3.63) is 53.6 Å². The van der Waals surface area contributed by atoms with Crippen LogP contribution in [0.15, 0.2) is 52.3 Å². The van der Waals surface area contributed by atoms with Gasteiger partial charge in [0.15, 0.2) is 0 Å². The van der Waals surface area contributed by atoms with Gasteiger partial charge in [0.1, 0.15) is 0 Å². The molecular formula is C21H16F8N2O5S2. The maximum absolute atomic E-state index is 13.3. The minimum atomic E-state index is -5.06. The van der Waals surface area contributed by atoms with E-state index in [4.69, 9.17) is 0 Å². The Bertz CT molecular complexity index is 1480. The highest BCUT2D eigenvalue weighted by Crippen LogP contribution is 2.73. The molecule has 2 aromatic carbocycles. The molecule has 17 heteroatoms. The molecule has 3 fully saturated rings. The molecule has 0 unspecified atom stereocenters. The lowest BCUT2D eigenvalue weighted by atomic mass is 9.39. The van der Waals surface area contributed by atoms with E-state index in [1.165, 1.54) is 0 Å². The molecule has 3 aliphatic rings. The van der Waals surface area contributed by atoms with Crippen molar-refractivity contribution in [2.24, 2.45) is 5.41 Å². The molecule has 5 rings (SSSR count). The molecule has 0 heterocycles. The summed E-state index contributed by atoms with van der Waals surface area (Å²) in [5, 5.41) is 2.34. The molecule has 0 atom stereocenters. The maximum atomic E-state index is 13.3. The highest BCUT2D eigenvalue weighted by molar-refractivity contribution is 7.93. The summed E-state index contributed by atoms with van der Waals surface area (Å²) in [5.41, 5.74) is -6.00. The van der Waals surface area contributed by atoms with Gasteiger partial charge in [-0.3, -0.25) is 9.52 Å². The average Bonchev–Trinajstić information content (AvgIpc) is 2.73. The number of carbonyl (C=O) groups excluding carboxylic acids is 1. The van der Waals surface area contributed by atoms with Gasteiger partial charge in [0.05, 0.1) is 32.0 Å². The van der Waals surface area contributed by atoms with Crippen molar-refractivity contribution in [3.63, 3.8) is 0 Å². The molecule has 0 aromatic heterocycles. The van der Waals surface area contributed by atoms with Crippen molar-refractivity contribution >= 4 is 31.5 Å². The summed E-state index contributed by atoms with van der Waals surface area (Å²) in [6.45, 7) is 0. The monoisotopic (exact) mass is 592 g/mol. The molecule has 3 saturated carbocycles. The number of rotatable bonds is 7. The van der Waals surface area contributed by atoms with Crippen LogP contribution in [0.1, 0.15) is 35.2 Å². The van der Waals surface area contributed by atoms with Crippen molar-refractivity contribution < 1.29 is 56.8 Å². The molecule has 3 aliphatic carbocycles. The molecule has 0 aliphatic heterocycles. The lowest BCUT2D eigenvalue weighted by Gasteiger charge is -2.70. The molecule has 0 spiro atoms. The first-order chi connectivity index (χ1) is 17.2. The summed E-state index contributed by atoms with van der Waals surface area (Å²) in [5.74, 6) is -4.91. The molecule has 2 aromatic rings. The molecule has 2 bridgehead atoms. The third-order valence-electron chi connectivity index (χ3n) is 6.54. The molecule has 0 saturated heterocycles. The number of carbonyl (C=O) groups is 1. The maximum Gasteiger partial charge on any atom is 0.416 e. The highest BCUT2D eigenvalue weighted by atomic mass is 32.2. The van der Waals surface area contributed by atoms with Gasteiger partial charge in [-0.15, -0.1) is 0 Å². The van der Waals surface area contributed by atoms with Crippen LogP contribution in [0, 0.1) is 5.41 Å². The number of sulfonamides is 1. The van der Waals surface area contributed by atoms with Crippen LogP contribution in [0.2, 0.25) is 0 Å². The van der Waals surface area contributed by atoms with Gasteiger partial charge in [-0.25, -0.2) is 16.8 Å². The number of hydrogen-bond donors (Lipinski definition) is 2. The van der Waals surface area contributed by atoms with E-state index in [0.29, 0.717) is 42.5 Å². The topological polar surface area (TPSA) is 109 Å². The lowest BCUT2D eigenvalue weighted by molar-refractivity contribution is -0.336. The van der Waals surface area contributed by atoms with Crippen LogP contribution in [0.4, 0.5) is 40.8 Å². The van der Waals surface area contributed by atoms with Gasteiger partial charge in [-0.05, 0) is 61.7 Å². The fourth-order valence-electron chi connectivity index (χ4n) is 4.65. The number of sulfone groups is 1. The van der Waals surface area contributed by atoms with Crippen molar-refractivity contribution in [1.82, 2.24) is 5.32 Å². The molecule has 0 radical (unpaired) electrons. The summed E-state index contributed by atoms with van der Waals surface area (Å²) in [6, 6.07) is 3.77. The number of anilines is 1. The number of halogens is 8. The molecule has 1 amide bonds. The van der Waals surface area contributed by atoms with E-state index >= 15 is 0 Å². The zero-order valence-corrected chi connectivity index (χ0v) is 20.3. The van der Waals surface area contributed by atoms with Gasteiger partial charge in [0, 0.05) is 5.54 Å². The first-order valence-electron chi connectivity index (χ1n) is 10.5. The Morgan fingerprint density at radius 1 is 0.842 bits per heavy atom. The zero-order valence-electron chi connectivity index (χ0n) is 18.6. The SMILES string of the molecule is O=C(NC12CC(C(F)(F)F)(C1)C2)c1ccc(C(F)(F)F)cc1NS(=O)(=O)c1ccc(S(=O)(=O)C(F)F)cc1. The zero-order chi connectivity index (χ0) is 28.5. The summed E-state index contributed by atoms with van der Waals surface area (Å²) in [4.78, 5) is 11.2. The van der Waals surface area contributed by atoms with Crippen LogP contribution >= 0.6 is 0 Å². The third-order valence-corrected chi connectivity index (χ3v) is 9.32. The lowest BCUT2D eigenvalue weighted by Crippen LogP contribution is -2.78. The predicted octanol–water partition coefficient (Wildman–Crippen LogP) is 4.72. The second-order valence-corrected chi connectivity index (χ2v) is 12.8. The van der Waals surface area contributed by atoms with Crippen LogP contribution in [0.25, 0.3) is 0 Å². The van der Waals surface area contributed by atoms with Gasteiger partial charge < -0.3 is 5.32 Å². The smallest absolute Gasteiger partial charge is 0.346 e. The molecule has 208 valence electrons. The van der Waals surface area contributed by atoms with Gasteiger partial charge >= 0.3 is 18.1 Å². The quantitative estimate of drug-likeness (QED) is 0.453. The molecule has 2 N–H and O–H groups in total. The van der Waals surface area contributed by atoms with Crippen LogP contribution in [0.3, 0.4) is 0 Å². The van der Waals surface area contributed by atoms with Crippen LogP contribution in [-0.2, 0) is 26.0 Å². The number of alkyl halides is 8. The largest absolute Gasteiger partial charge is 0.416 e. The van der Waals surface area contributed by atoms with Gasteiger partial charge in [0.25, 0.3) is 15.9 Å². The summed E-state index contributed by atoms with van der Waals surface area (Å²) < 4.78 is 155. The Labute approximate surface area is 210 Å². The first kappa shape index (κ1) is 28.1. The molecule has 7 nitrogen and oxygen atoms in total. The fraction of sp³-hybridized carbons (Fsp3) is 0.381. The Hall–Kier alpha value is -2.95. The minimum Gasteiger partial charge on any atom is -0.346 e. The number of hydrogen-bond acceptors (Lipinski definition) is 5. The number of nitrogens with one attached hydrogen (secondary N) is 2. The first-order valence-corrected chi connectivity index (χ1v) is 13.5. The van der Waals surface area contributed by atoms with Crippen LogP contribution in [0.5, 0.6) is 0 Å². The standard InChI is InChI=1S/C21H16F8N2O5S2/c22-17(23)37(33,34)12-2-4-13(5-3-12)38(35,36)31-15-7-11(20(24,25)26)1-6-14(15)16(32)30-19-8-18(9-19,10-19)21(27,28)29/h1-7,17,31H,8-10H2,(H,30,32).